The second-order valence-electron chi connectivity index (χ2n) is 8.92. The van der Waals surface area contributed by atoms with Crippen LogP contribution in [0.5, 0.6) is 0 Å². The van der Waals surface area contributed by atoms with Gasteiger partial charge in [-0.25, -0.2) is 14.1 Å². The van der Waals surface area contributed by atoms with Gasteiger partial charge in [0.1, 0.15) is 11.6 Å². The maximum absolute atomic E-state index is 14.2. The summed E-state index contributed by atoms with van der Waals surface area (Å²) in [6.07, 6.45) is 0. The summed E-state index contributed by atoms with van der Waals surface area (Å²) in [5.41, 5.74) is 10.6. The van der Waals surface area contributed by atoms with Crippen molar-refractivity contribution in [3.63, 3.8) is 0 Å². The number of nitrogen functional groups attached to an aromatic ring is 1. The molecule has 1 aliphatic heterocycles. The zero-order valence-corrected chi connectivity index (χ0v) is 19.8. The van der Waals surface area contributed by atoms with Crippen LogP contribution < -0.4 is 15.5 Å². The summed E-state index contributed by atoms with van der Waals surface area (Å²) in [7, 11) is 0. The minimum Gasteiger partial charge on any atom is -0.383 e. The molecule has 0 atom stereocenters. The van der Waals surface area contributed by atoms with Gasteiger partial charge >= 0.3 is 0 Å². The Kier molecular flexibility index (Phi) is 5.69. The topological polar surface area (TPSA) is 76.1 Å². The van der Waals surface area contributed by atoms with Crippen LogP contribution in [0, 0.1) is 5.82 Å². The first-order valence-corrected chi connectivity index (χ1v) is 12.0. The second-order valence-corrected chi connectivity index (χ2v) is 8.92. The van der Waals surface area contributed by atoms with Gasteiger partial charge in [-0.2, -0.15) is 4.98 Å². The fourth-order valence-corrected chi connectivity index (χ4v) is 4.71. The maximum atomic E-state index is 14.2. The first kappa shape index (κ1) is 22.0. The van der Waals surface area contributed by atoms with Crippen LogP contribution in [-0.4, -0.2) is 45.9 Å². The third-order valence-electron chi connectivity index (χ3n) is 6.58. The number of hydrogen-bond acceptors (Lipinski definition) is 6. The minimum atomic E-state index is -0.326. The number of halogens is 1. The highest BCUT2D eigenvalue weighted by molar-refractivity contribution is 5.99. The van der Waals surface area contributed by atoms with E-state index in [-0.39, 0.29) is 5.82 Å². The van der Waals surface area contributed by atoms with Gasteiger partial charge < -0.3 is 15.5 Å². The molecule has 3 heterocycles. The van der Waals surface area contributed by atoms with Crippen LogP contribution in [0.1, 0.15) is 5.56 Å². The third kappa shape index (κ3) is 4.22. The molecule has 0 spiro atoms. The summed E-state index contributed by atoms with van der Waals surface area (Å²) >= 11 is 0. The molecular weight excluding hydrogens is 453 g/mol. The molecule has 180 valence electrons. The molecule has 0 unspecified atom stereocenters. The van der Waals surface area contributed by atoms with E-state index in [0.29, 0.717) is 40.6 Å². The molecule has 1 fully saturated rings. The molecule has 36 heavy (non-hydrogen) atoms. The summed E-state index contributed by atoms with van der Waals surface area (Å²) in [4.78, 5) is 14.2. The standard InChI is InChI=1S/C28H26FN7/c29-22-11-7-10-21(18-22)25-24-26(30)36(19-20-8-3-1-4-9-20)33-27(24)32-28(31-25)35-16-14-34(15-17-35)23-12-5-2-6-13-23/h1-13,18H,14-17,19,30H2. The Morgan fingerprint density at radius 1 is 0.778 bits per heavy atom. The average molecular weight is 480 g/mol. The molecule has 3 aromatic carbocycles. The molecular formula is C28H26FN7. The first-order valence-electron chi connectivity index (χ1n) is 12.0. The molecule has 1 aliphatic rings. The highest BCUT2D eigenvalue weighted by atomic mass is 19.1. The number of rotatable bonds is 5. The van der Waals surface area contributed by atoms with Crippen molar-refractivity contribution >= 4 is 28.5 Å². The first-order chi connectivity index (χ1) is 17.7. The van der Waals surface area contributed by atoms with E-state index in [9.17, 15) is 4.39 Å². The summed E-state index contributed by atoms with van der Waals surface area (Å²) < 4.78 is 15.9. The lowest BCUT2D eigenvalue weighted by molar-refractivity contribution is 0.628. The molecule has 2 aromatic heterocycles. The quantitative estimate of drug-likeness (QED) is 0.397. The van der Waals surface area contributed by atoms with Gasteiger partial charge in [0.25, 0.3) is 0 Å². The van der Waals surface area contributed by atoms with Crippen molar-refractivity contribution < 1.29 is 4.39 Å². The van der Waals surface area contributed by atoms with Crippen LogP contribution in [0.3, 0.4) is 0 Å². The van der Waals surface area contributed by atoms with Crippen molar-refractivity contribution in [1.29, 1.82) is 0 Å². The van der Waals surface area contributed by atoms with E-state index in [2.05, 4.69) is 34.1 Å². The van der Waals surface area contributed by atoms with Crippen LogP contribution in [0.2, 0.25) is 0 Å². The average Bonchev–Trinajstić information content (AvgIpc) is 3.24. The fourth-order valence-electron chi connectivity index (χ4n) is 4.71. The van der Waals surface area contributed by atoms with Crippen LogP contribution in [-0.2, 0) is 6.54 Å². The summed E-state index contributed by atoms with van der Waals surface area (Å²) in [6.45, 7) is 3.75. The largest absolute Gasteiger partial charge is 0.383 e. The zero-order valence-electron chi connectivity index (χ0n) is 19.8. The van der Waals surface area contributed by atoms with Crippen LogP contribution in [0.15, 0.2) is 84.9 Å². The van der Waals surface area contributed by atoms with Gasteiger partial charge in [-0.3, -0.25) is 0 Å². The van der Waals surface area contributed by atoms with Gasteiger partial charge in [0.2, 0.25) is 5.95 Å². The van der Waals surface area contributed by atoms with E-state index >= 15 is 0 Å². The number of benzene rings is 3. The molecule has 7 nitrogen and oxygen atoms in total. The number of anilines is 3. The lowest BCUT2D eigenvalue weighted by atomic mass is 10.1. The number of nitrogens with two attached hydrogens (primary N) is 1. The molecule has 0 bridgehead atoms. The Balaban J connectivity index is 1.39. The Morgan fingerprint density at radius 2 is 1.47 bits per heavy atom. The van der Waals surface area contributed by atoms with Gasteiger partial charge in [0.15, 0.2) is 5.65 Å². The highest BCUT2D eigenvalue weighted by Crippen LogP contribution is 2.33. The molecule has 6 rings (SSSR count). The van der Waals surface area contributed by atoms with E-state index in [1.807, 2.05) is 42.5 Å². The number of piperazine rings is 1. The van der Waals surface area contributed by atoms with Gasteiger partial charge in [0, 0.05) is 37.4 Å². The Hall–Kier alpha value is -4.46. The summed E-state index contributed by atoms with van der Waals surface area (Å²) in [5.74, 6) is 0.722. The summed E-state index contributed by atoms with van der Waals surface area (Å²) in [5, 5.41) is 5.39. The molecule has 0 radical (unpaired) electrons. The number of para-hydroxylation sites is 1. The highest BCUT2D eigenvalue weighted by Gasteiger charge is 2.24. The Bertz CT molecular complexity index is 1490. The predicted molar refractivity (Wildman–Crippen MR) is 142 cm³/mol. The number of hydrogen-bond donors (Lipinski definition) is 1. The Morgan fingerprint density at radius 3 is 2.19 bits per heavy atom. The monoisotopic (exact) mass is 479 g/mol. The molecule has 8 heteroatoms. The van der Waals surface area contributed by atoms with E-state index in [0.717, 1.165) is 31.7 Å². The van der Waals surface area contributed by atoms with Crippen molar-refractivity contribution in [3.05, 3.63) is 96.3 Å². The smallest absolute Gasteiger partial charge is 0.228 e. The predicted octanol–water partition coefficient (Wildman–Crippen LogP) is 4.59. The van der Waals surface area contributed by atoms with Crippen LogP contribution in [0.4, 0.5) is 21.8 Å². The van der Waals surface area contributed by atoms with E-state index in [1.165, 1.54) is 17.8 Å². The van der Waals surface area contributed by atoms with Crippen molar-refractivity contribution in [2.75, 3.05) is 41.7 Å². The van der Waals surface area contributed by atoms with Crippen molar-refractivity contribution in [2.45, 2.75) is 6.54 Å². The molecule has 0 aliphatic carbocycles. The lowest BCUT2D eigenvalue weighted by Gasteiger charge is -2.36. The van der Waals surface area contributed by atoms with E-state index in [1.54, 1.807) is 10.7 Å². The van der Waals surface area contributed by atoms with E-state index in [4.69, 9.17) is 20.8 Å². The van der Waals surface area contributed by atoms with Crippen molar-refractivity contribution in [2.24, 2.45) is 0 Å². The van der Waals surface area contributed by atoms with Gasteiger partial charge in [-0.15, -0.1) is 5.10 Å². The SMILES string of the molecule is Nc1c2c(-c3cccc(F)c3)nc(N3CCN(c4ccccc4)CC3)nc2nn1Cc1ccccc1. The zero-order chi connectivity index (χ0) is 24.5. The Labute approximate surface area is 208 Å². The summed E-state index contributed by atoms with van der Waals surface area (Å²) in [6, 6.07) is 26.8. The van der Waals surface area contributed by atoms with Crippen LogP contribution in [0.25, 0.3) is 22.3 Å². The van der Waals surface area contributed by atoms with Gasteiger partial charge in [-0.05, 0) is 29.8 Å². The van der Waals surface area contributed by atoms with Crippen molar-refractivity contribution in [3.8, 4) is 11.3 Å². The normalized spacial score (nSPS) is 13.9. The van der Waals surface area contributed by atoms with E-state index < -0.39 is 0 Å². The number of fused-ring (bicyclic) bond motifs is 1. The molecule has 1 saturated heterocycles. The number of nitrogens with zero attached hydrogens (tertiary/aromatic N) is 6. The lowest BCUT2D eigenvalue weighted by Crippen LogP contribution is -2.47. The van der Waals surface area contributed by atoms with Crippen LogP contribution >= 0.6 is 0 Å². The third-order valence-corrected chi connectivity index (χ3v) is 6.58. The minimum absolute atomic E-state index is 0.326. The number of aromatic nitrogens is 4. The second kappa shape index (κ2) is 9.30. The molecule has 5 aromatic rings. The fraction of sp³-hybridized carbons (Fsp3) is 0.179. The van der Waals surface area contributed by atoms with Gasteiger partial charge in [-0.1, -0.05) is 60.7 Å². The molecule has 0 amide bonds. The van der Waals surface area contributed by atoms with Crippen molar-refractivity contribution in [1.82, 2.24) is 19.7 Å². The maximum Gasteiger partial charge on any atom is 0.228 e. The molecule has 2 N–H and O–H groups in total. The van der Waals surface area contributed by atoms with Gasteiger partial charge in [0.05, 0.1) is 17.6 Å². The molecule has 0 saturated carbocycles.